The first-order valence-corrected chi connectivity index (χ1v) is 13.0. The van der Waals surface area contributed by atoms with Gasteiger partial charge in [0.15, 0.2) is 5.82 Å². The van der Waals surface area contributed by atoms with E-state index in [0.717, 1.165) is 49.7 Å². The van der Waals surface area contributed by atoms with Gasteiger partial charge in [-0.25, -0.2) is 9.97 Å². The van der Waals surface area contributed by atoms with Crippen LogP contribution in [0, 0.1) is 0 Å². The van der Waals surface area contributed by atoms with Crippen LogP contribution in [-0.2, 0) is 6.42 Å². The number of rotatable bonds is 18. The largest absolute Gasteiger partial charge is 0.433 e. The first-order chi connectivity index (χ1) is 16.0. The molecule has 1 heterocycles. The van der Waals surface area contributed by atoms with Crippen molar-refractivity contribution in [1.29, 1.82) is 0 Å². The molecule has 2 aromatic rings. The van der Waals surface area contributed by atoms with E-state index >= 15 is 0 Å². The molecule has 0 spiro atoms. The number of ether oxygens (including phenoxy) is 1. The first-order valence-electron chi connectivity index (χ1n) is 13.0. The Morgan fingerprint density at radius 2 is 1.21 bits per heavy atom. The van der Waals surface area contributed by atoms with Crippen molar-refractivity contribution >= 4 is 0 Å². The van der Waals surface area contributed by atoms with Crippen LogP contribution in [0.15, 0.2) is 36.7 Å². The zero-order chi connectivity index (χ0) is 23.8. The van der Waals surface area contributed by atoms with Gasteiger partial charge in [-0.3, -0.25) is 0 Å². The van der Waals surface area contributed by atoms with Crippen molar-refractivity contribution in [2.24, 2.45) is 0 Å². The maximum Gasteiger partial charge on any atom is 0.397 e. The van der Waals surface area contributed by atoms with Crippen LogP contribution >= 0.6 is 0 Å². The van der Waals surface area contributed by atoms with Crippen molar-refractivity contribution in [3.05, 3.63) is 42.2 Å². The summed E-state index contributed by atoms with van der Waals surface area (Å²) in [4.78, 5) is 8.93. The minimum Gasteiger partial charge on any atom is -0.433 e. The lowest BCUT2D eigenvalue weighted by Crippen LogP contribution is -2.24. The highest BCUT2D eigenvalue weighted by molar-refractivity contribution is 5.55. The molecule has 2 rings (SSSR count). The number of nitrogens with zero attached hydrogens (tertiary/aromatic N) is 2. The fourth-order valence-electron chi connectivity index (χ4n) is 3.93. The third-order valence-corrected chi connectivity index (χ3v) is 5.98. The Kier molecular flexibility index (Phi) is 13.0. The summed E-state index contributed by atoms with van der Waals surface area (Å²) in [5.74, 6) is 0.772. The summed E-state index contributed by atoms with van der Waals surface area (Å²) in [7, 11) is 0. The van der Waals surface area contributed by atoms with Crippen molar-refractivity contribution in [3.8, 4) is 17.1 Å². The molecule has 0 atom stereocenters. The van der Waals surface area contributed by atoms with Gasteiger partial charge in [-0.1, -0.05) is 84.5 Å². The Balaban J connectivity index is 1.74. The molecule has 0 fully saturated rings. The molecule has 5 heteroatoms. The van der Waals surface area contributed by atoms with Gasteiger partial charge in [-0.2, -0.15) is 8.78 Å². The van der Waals surface area contributed by atoms with Crippen LogP contribution in [0.4, 0.5) is 8.78 Å². The molecule has 184 valence electrons. The predicted octanol–water partition coefficient (Wildman–Crippen LogP) is 9.16. The van der Waals surface area contributed by atoms with Crippen LogP contribution in [0.5, 0.6) is 5.75 Å². The van der Waals surface area contributed by atoms with Gasteiger partial charge in [0.1, 0.15) is 5.75 Å². The minimum atomic E-state index is -3.14. The molecule has 0 bridgehead atoms. The van der Waals surface area contributed by atoms with E-state index < -0.39 is 6.11 Å². The van der Waals surface area contributed by atoms with Gasteiger partial charge < -0.3 is 4.74 Å². The molecule has 0 aliphatic carbocycles. The van der Waals surface area contributed by atoms with E-state index in [4.69, 9.17) is 4.74 Å². The average molecular weight is 461 g/mol. The van der Waals surface area contributed by atoms with E-state index in [-0.39, 0.29) is 12.2 Å². The second-order valence-electron chi connectivity index (χ2n) is 9.07. The number of aromatic nitrogens is 2. The standard InChI is InChI=1S/C28H42F2N2O/c1-3-5-7-9-11-12-14-16-24-22-31-27(32-23-24)25-17-19-26(20-18-25)33-28(29,30)21-15-13-10-8-6-4-2/h17-20,22-23H,3-16,21H2,1-2H3. The Hall–Kier alpha value is -2.04. The molecule has 3 nitrogen and oxygen atoms in total. The van der Waals surface area contributed by atoms with Gasteiger partial charge in [0, 0.05) is 18.0 Å². The fraction of sp³-hybridized carbons (Fsp3) is 0.643. The number of hydrogen-bond acceptors (Lipinski definition) is 3. The minimum absolute atomic E-state index is 0.172. The summed E-state index contributed by atoms with van der Waals surface area (Å²) in [6, 6.07) is 6.61. The van der Waals surface area contributed by atoms with Crippen LogP contribution < -0.4 is 4.74 Å². The lowest BCUT2D eigenvalue weighted by molar-refractivity contribution is -0.181. The van der Waals surface area contributed by atoms with Gasteiger partial charge in [-0.05, 0) is 49.1 Å². The van der Waals surface area contributed by atoms with Gasteiger partial charge in [0.05, 0.1) is 6.42 Å². The summed E-state index contributed by atoms with van der Waals surface area (Å²) < 4.78 is 33.2. The maximum absolute atomic E-state index is 14.1. The van der Waals surface area contributed by atoms with Gasteiger partial charge >= 0.3 is 6.11 Å². The third kappa shape index (κ3) is 11.6. The van der Waals surface area contributed by atoms with Crippen molar-refractivity contribution in [3.63, 3.8) is 0 Å². The SMILES string of the molecule is CCCCCCCCCc1cnc(-c2ccc(OC(F)(F)CCCCCCCC)cc2)nc1. The monoisotopic (exact) mass is 460 g/mol. The molecule has 0 N–H and O–H groups in total. The van der Waals surface area contributed by atoms with Crippen molar-refractivity contribution in [1.82, 2.24) is 9.97 Å². The Morgan fingerprint density at radius 3 is 1.79 bits per heavy atom. The van der Waals surface area contributed by atoms with Gasteiger partial charge in [0.2, 0.25) is 0 Å². The Bertz CT molecular complexity index is 747. The van der Waals surface area contributed by atoms with Gasteiger partial charge in [-0.15, -0.1) is 0 Å². The molecule has 0 unspecified atom stereocenters. The van der Waals surface area contributed by atoms with Gasteiger partial charge in [0.25, 0.3) is 0 Å². The van der Waals surface area contributed by atoms with E-state index in [1.165, 1.54) is 44.9 Å². The lowest BCUT2D eigenvalue weighted by atomic mass is 10.1. The topological polar surface area (TPSA) is 35.0 Å². The number of hydrogen-bond donors (Lipinski definition) is 0. The number of alkyl halides is 2. The Morgan fingerprint density at radius 1 is 0.697 bits per heavy atom. The number of benzene rings is 1. The average Bonchev–Trinajstić information content (AvgIpc) is 2.81. The highest BCUT2D eigenvalue weighted by Gasteiger charge is 2.30. The van der Waals surface area contributed by atoms with E-state index in [0.29, 0.717) is 12.2 Å². The van der Waals surface area contributed by atoms with Crippen LogP contribution in [-0.4, -0.2) is 16.1 Å². The maximum atomic E-state index is 14.1. The molecule has 0 amide bonds. The highest BCUT2D eigenvalue weighted by atomic mass is 19.3. The van der Waals surface area contributed by atoms with Crippen molar-refractivity contribution < 1.29 is 13.5 Å². The van der Waals surface area contributed by atoms with Crippen LogP contribution in [0.3, 0.4) is 0 Å². The van der Waals surface area contributed by atoms with Crippen LogP contribution in [0.25, 0.3) is 11.4 Å². The fourth-order valence-corrected chi connectivity index (χ4v) is 3.93. The van der Waals surface area contributed by atoms with Crippen molar-refractivity contribution in [2.45, 2.75) is 116 Å². The number of unbranched alkanes of at least 4 members (excludes halogenated alkanes) is 11. The second-order valence-corrected chi connectivity index (χ2v) is 9.07. The zero-order valence-corrected chi connectivity index (χ0v) is 20.6. The summed E-state index contributed by atoms with van der Waals surface area (Å²) in [6.07, 6.45) is 16.1. The number of halogens is 2. The molecule has 0 saturated heterocycles. The molecule has 0 radical (unpaired) electrons. The zero-order valence-electron chi connectivity index (χ0n) is 20.6. The summed E-state index contributed by atoms with van der Waals surface area (Å²) in [5.41, 5.74) is 1.94. The number of aryl methyl sites for hydroxylation is 1. The van der Waals surface area contributed by atoms with Crippen LogP contribution in [0.1, 0.15) is 109 Å². The molecule has 1 aromatic carbocycles. The second kappa shape index (κ2) is 15.7. The quantitative estimate of drug-likeness (QED) is 0.208. The van der Waals surface area contributed by atoms with Crippen LogP contribution in [0.2, 0.25) is 0 Å². The normalized spacial score (nSPS) is 11.6. The van der Waals surface area contributed by atoms with E-state index in [9.17, 15) is 8.78 Å². The molecular formula is C28H42F2N2O. The molecule has 33 heavy (non-hydrogen) atoms. The third-order valence-electron chi connectivity index (χ3n) is 5.98. The Labute approximate surface area is 199 Å². The highest BCUT2D eigenvalue weighted by Crippen LogP contribution is 2.28. The van der Waals surface area contributed by atoms with E-state index in [2.05, 4.69) is 23.8 Å². The molecule has 0 aliphatic heterocycles. The molecule has 1 aromatic heterocycles. The summed E-state index contributed by atoms with van der Waals surface area (Å²) >= 11 is 0. The summed E-state index contributed by atoms with van der Waals surface area (Å²) in [6.45, 7) is 4.38. The first kappa shape index (κ1) is 27.2. The molecule has 0 aliphatic rings. The molecule has 0 saturated carbocycles. The van der Waals surface area contributed by atoms with E-state index in [1.807, 2.05) is 12.4 Å². The molecular weight excluding hydrogens is 418 g/mol. The van der Waals surface area contributed by atoms with Crippen molar-refractivity contribution in [2.75, 3.05) is 0 Å². The smallest absolute Gasteiger partial charge is 0.397 e. The van der Waals surface area contributed by atoms with E-state index in [1.54, 1.807) is 24.3 Å². The lowest BCUT2D eigenvalue weighted by Gasteiger charge is -2.18. The summed E-state index contributed by atoms with van der Waals surface area (Å²) in [5, 5.41) is 0. The predicted molar refractivity (Wildman–Crippen MR) is 133 cm³/mol.